The zero-order valence-corrected chi connectivity index (χ0v) is 30.0. The Bertz CT molecular complexity index is 1570. The minimum atomic E-state index is -1.09. The van der Waals surface area contributed by atoms with Crippen molar-refractivity contribution in [1.29, 1.82) is 0 Å². The number of aliphatic hydroxyl groups is 4. The summed E-state index contributed by atoms with van der Waals surface area (Å²) in [6.07, 6.45) is -3.62. The molecule has 0 saturated carbocycles. The fourth-order valence-electron chi connectivity index (χ4n) is 5.09. The molecule has 0 spiro atoms. The van der Waals surface area contributed by atoms with Gasteiger partial charge in [-0.3, -0.25) is 0 Å². The Morgan fingerprint density at radius 1 is 0.577 bits per heavy atom. The summed E-state index contributed by atoms with van der Waals surface area (Å²) in [5, 5.41) is 49.7. The molecule has 0 radical (unpaired) electrons. The van der Waals surface area contributed by atoms with Crippen molar-refractivity contribution in [3.8, 4) is 11.5 Å². The lowest BCUT2D eigenvalue weighted by molar-refractivity contribution is -0.142. The van der Waals surface area contributed by atoms with Crippen molar-refractivity contribution in [3.05, 3.63) is 119 Å². The van der Waals surface area contributed by atoms with Gasteiger partial charge >= 0.3 is 11.9 Å². The van der Waals surface area contributed by atoms with Crippen LogP contribution in [0.1, 0.15) is 36.1 Å². The lowest BCUT2D eigenvalue weighted by Gasteiger charge is -2.24. The Morgan fingerprint density at radius 3 is 1.50 bits per heavy atom. The third-order valence-electron chi connectivity index (χ3n) is 7.78. The van der Waals surface area contributed by atoms with Crippen LogP contribution in [0.25, 0.3) is 0 Å². The fourth-order valence-corrected chi connectivity index (χ4v) is 5.09. The number of nitrogens with one attached hydrogen (secondary N) is 2. The Morgan fingerprint density at radius 2 is 1.02 bits per heavy atom. The van der Waals surface area contributed by atoms with Crippen molar-refractivity contribution in [2.24, 2.45) is 0 Å². The molecule has 282 valence electrons. The van der Waals surface area contributed by atoms with E-state index in [1.807, 2.05) is 48.5 Å². The molecule has 12 nitrogen and oxygen atoms in total. The molecular formula is C40H52N2O10. The highest BCUT2D eigenvalue weighted by atomic mass is 16.5. The normalized spacial score (nSPS) is 13.3. The number of hydrogen-bond acceptors (Lipinski definition) is 12. The standard InChI is InChI=1S/C40H52N2O10/c1-27(2)39(47)51-23-31(43)17-29-15-16-30(19-41-20-33(45)25-49-35-11-7-5-8-12-35)37(18-32(44)24-52-40(48)28(3)4)38(29)22-42-21-34(46)26-50-36-13-9-6-10-14-36/h5-16,31-34,41-46H,1,3,17-26H2,2,4H3. The highest BCUT2D eigenvalue weighted by molar-refractivity contribution is 5.87. The van der Waals surface area contributed by atoms with Gasteiger partial charge in [0, 0.05) is 50.2 Å². The van der Waals surface area contributed by atoms with Crippen molar-refractivity contribution in [2.45, 2.75) is 64.2 Å². The van der Waals surface area contributed by atoms with Gasteiger partial charge in [0.2, 0.25) is 0 Å². The molecule has 3 aromatic carbocycles. The van der Waals surface area contributed by atoms with E-state index in [0.717, 1.165) is 11.1 Å². The van der Waals surface area contributed by atoms with Gasteiger partial charge in [0.25, 0.3) is 0 Å². The third kappa shape index (κ3) is 15.4. The molecule has 4 unspecified atom stereocenters. The summed E-state index contributed by atoms with van der Waals surface area (Å²) < 4.78 is 21.8. The Labute approximate surface area is 305 Å². The first-order valence-corrected chi connectivity index (χ1v) is 17.2. The van der Waals surface area contributed by atoms with Gasteiger partial charge in [-0.25, -0.2) is 9.59 Å². The van der Waals surface area contributed by atoms with E-state index in [0.29, 0.717) is 29.2 Å². The first kappa shape index (κ1) is 41.9. The number of hydrogen-bond donors (Lipinski definition) is 6. The van der Waals surface area contributed by atoms with Gasteiger partial charge in [0.1, 0.15) is 50.1 Å². The maximum atomic E-state index is 12.1. The van der Waals surface area contributed by atoms with Crippen LogP contribution in [0, 0.1) is 0 Å². The summed E-state index contributed by atoms with van der Waals surface area (Å²) in [6.45, 7) is 10.7. The number of rotatable bonds is 24. The summed E-state index contributed by atoms with van der Waals surface area (Å²) in [5.41, 5.74) is 3.37. The van der Waals surface area contributed by atoms with Crippen molar-refractivity contribution in [3.63, 3.8) is 0 Å². The predicted molar refractivity (Wildman–Crippen MR) is 197 cm³/mol. The van der Waals surface area contributed by atoms with E-state index in [4.69, 9.17) is 18.9 Å². The summed E-state index contributed by atoms with van der Waals surface area (Å²) in [5.74, 6) is 0.0398. The van der Waals surface area contributed by atoms with Crippen LogP contribution >= 0.6 is 0 Å². The van der Waals surface area contributed by atoms with E-state index in [1.54, 1.807) is 24.3 Å². The lowest BCUT2D eigenvalue weighted by Crippen LogP contribution is -2.33. The van der Waals surface area contributed by atoms with E-state index in [-0.39, 0.29) is 70.0 Å². The first-order chi connectivity index (χ1) is 24.9. The minimum Gasteiger partial charge on any atom is -0.491 e. The van der Waals surface area contributed by atoms with Gasteiger partial charge in [-0.1, -0.05) is 61.7 Å². The van der Waals surface area contributed by atoms with Crippen LogP contribution in [-0.2, 0) is 45.0 Å². The Balaban J connectivity index is 1.81. The maximum absolute atomic E-state index is 12.1. The van der Waals surface area contributed by atoms with Gasteiger partial charge in [0.05, 0.1) is 12.2 Å². The van der Waals surface area contributed by atoms with E-state index in [9.17, 15) is 30.0 Å². The van der Waals surface area contributed by atoms with Crippen LogP contribution in [0.2, 0.25) is 0 Å². The number of aliphatic hydroxyl groups excluding tert-OH is 4. The topological polar surface area (TPSA) is 176 Å². The van der Waals surface area contributed by atoms with E-state index >= 15 is 0 Å². The second-order valence-corrected chi connectivity index (χ2v) is 12.6. The van der Waals surface area contributed by atoms with Crippen LogP contribution < -0.4 is 20.1 Å². The van der Waals surface area contributed by atoms with Crippen LogP contribution in [0.3, 0.4) is 0 Å². The zero-order valence-electron chi connectivity index (χ0n) is 30.0. The number of carbonyl (C=O) groups is 2. The van der Waals surface area contributed by atoms with Crippen LogP contribution in [0.4, 0.5) is 0 Å². The summed E-state index contributed by atoms with van der Waals surface area (Å²) in [6, 6.07) is 22.0. The molecule has 6 N–H and O–H groups in total. The molecule has 3 rings (SSSR count). The van der Waals surface area contributed by atoms with Gasteiger partial charge in [-0.05, 0) is 60.4 Å². The summed E-state index contributed by atoms with van der Waals surface area (Å²) in [4.78, 5) is 24.0. The fraction of sp³-hybridized carbons (Fsp3) is 0.400. The van der Waals surface area contributed by atoms with Gasteiger partial charge in [0.15, 0.2) is 0 Å². The average molecular weight is 721 g/mol. The number of carbonyl (C=O) groups excluding carboxylic acids is 2. The monoisotopic (exact) mass is 720 g/mol. The van der Waals surface area contributed by atoms with Crippen molar-refractivity contribution >= 4 is 11.9 Å². The molecule has 0 amide bonds. The first-order valence-electron chi connectivity index (χ1n) is 17.2. The molecule has 0 bridgehead atoms. The quantitative estimate of drug-likeness (QED) is 0.0591. The highest BCUT2D eigenvalue weighted by Crippen LogP contribution is 2.24. The molecule has 0 heterocycles. The van der Waals surface area contributed by atoms with Crippen LogP contribution in [-0.4, -0.2) is 96.3 Å². The number of ether oxygens (including phenoxy) is 4. The lowest BCUT2D eigenvalue weighted by atomic mass is 9.89. The minimum absolute atomic E-state index is 0.0522. The smallest absolute Gasteiger partial charge is 0.333 e. The molecule has 0 aliphatic heterocycles. The number of benzene rings is 3. The molecule has 0 aliphatic carbocycles. The second kappa shape index (κ2) is 22.4. The van der Waals surface area contributed by atoms with E-state index in [2.05, 4.69) is 23.8 Å². The molecule has 4 atom stereocenters. The van der Waals surface area contributed by atoms with Gasteiger partial charge < -0.3 is 50.0 Å². The summed E-state index contributed by atoms with van der Waals surface area (Å²) >= 11 is 0. The van der Waals surface area contributed by atoms with Crippen LogP contribution in [0.5, 0.6) is 11.5 Å². The van der Waals surface area contributed by atoms with Crippen LogP contribution in [0.15, 0.2) is 97.1 Å². The molecule has 12 heteroatoms. The van der Waals surface area contributed by atoms with Gasteiger partial charge in [-0.15, -0.1) is 0 Å². The molecule has 0 aromatic heterocycles. The molecule has 0 aliphatic rings. The number of para-hydroxylation sites is 2. The summed E-state index contributed by atoms with van der Waals surface area (Å²) in [7, 11) is 0. The third-order valence-corrected chi connectivity index (χ3v) is 7.78. The van der Waals surface area contributed by atoms with Crippen molar-refractivity contribution in [1.82, 2.24) is 10.6 Å². The molecule has 3 aromatic rings. The average Bonchev–Trinajstić information content (AvgIpc) is 3.13. The van der Waals surface area contributed by atoms with E-state index in [1.165, 1.54) is 13.8 Å². The van der Waals surface area contributed by atoms with Gasteiger partial charge in [-0.2, -0.15) is 0 Å². The van der Waals surface area contributed by atoms with Crippen molar-refractivity contribution in [2.75, 3.05) is 39.5 Å². The Hall–Kier alpha value is -4.56. The Kier molecular flexibility index (Phi) is 18.0. The zero-order chi connectivity index (χ0) is 37.9. The molecular weight excluding hydrogens is 668 g/mol. The highest BCUT2D eigenvalue weighted by Gasteiger charge is 2.21. The molecule has 0 fully saturated rings. The van der Waals surface area contributed by atoms with E-state index < -0.39 is 36.4 Å². The second-order valence-electron chi connectivity index (χ2n) is 12.6. The maximum Gasteiger partial charge on any atom is 0.333 e. The largest absolute Gasteiger partial charge is 0.491 e. The molecule has 52 heavy (non-hydrogen) atoms. The number of esters is 2. The molecule has 0 saturated heterocycles. The predicted octanol–water partition coefficient (Wildman–Crippen LogP) is 2.79. The van der Waals surface area contributed by atoms with Crippen molar-refractivity contribution < 1.29 is 49.0 Å². The SMILES string of the molecule is C=C(C)C(=O)OCC(O)Cc1ccc(CNCC(O)COc2ccccc2)c(CC(O)COC(=O)C(=C)C)c1CNCC(O)COc1ccccc1.